The SMILES string of the molecule is O=C(CC1CCCCN1)NCCc1cccc(Br)c1. The van der Waals surface area contributed by atoms with Crippen molar-refractivity contribution < 1.29 is 4.79 Å². The average molecular weight is 325 g/mol. The zero-order valence-corrected chi connectivity index (χ0v) is 12.7. The molecule has 1 aromatic carbocycles. The Hall–Kier alpha value is -0.870. The van der Waals surface area contributed by atoms with E-state index in [1.54, 1.807) is 0 Å². The van der Waals surface area contributed by atoms with Crippen LogP contribution in [0.4, 0.5) is 0 Å². The monoisotopic (exact) mass is 324 g/mol. The maximum atomic E-state index is 11.8. The van der Waals surface area contributed by atoms with Gasteiger partial charge in [-0.3, -0.25) is 4.79 Å². The first kappa shape index (κ1) is 14.5. The lowest BCUT2D eigenvalue weighted by molar-refractivity contribution is -0.121. The molecule has 1 saturated heterocycles. The number of carbonyl (C=O) groups is 1. The van der Waals surface area contributed by atoms with Gasteiger partial charge in [-0.05, 0) is 43.5 Å². The fourth-order valence-electron chi connectivity index (χ4n) is 2.43. The van der Waals surface area contributed by atoms with E-state index in [4.69, 9.17) is 0 Å². The van der Waals surface area contributed by atoms with Crippen molar-refractivity contribution in [1.29, 1.82) is 0 Å². The standard InChI is InChI=1S/C15H21BrN2O/c16-13-5-3-4-12(10-13)7-9-18-15(19)11-14-6-1-2-8-17-14/h3-5,10,14,17H,1-2,6-9,11H2,(H,18,19). The highest BCUT2D eigenvalue weighted by Gasteiger charge is 2.15. The van der Waals surface area contributed by atoms with Gasteiger partial charge < -0.3 is 10.6 Å². The van der Waals surface area contributed by atoms with Crippen molar-refractivity contribution in [2.24, 2.45) is 0 Å². The summed E-state index contributed by atoms with van der Waals surface area (Å²) in [4.78, 5) is 11.8. The highest BCUT2D eigenvalue weighted by atomic mass is 79.9. The minimum atomic E-state index is 0.161. The van der Waals surface area contributed by atoms with Gasteiger partial charge in [-0.1, -0.05) is 34.5 Å². The lowest BCUT2D eigenvalue weighted by atomic mass is 10.0. The summed E-state index contributed by atoms with van der Waals surface area (Å²) in [6.07, 6.45) is 5.09. The van der Waals surface area contributed by atoms with E-state index in [-0.39, 0.29) is 5.91 Å². The van der Waals surface area contributed by atoms with Gasteiger partial charge in [0.2, 0.25) is 5.91 Å². The van der Waals surface area contributed by atoms with E-state index in [1.165, 1.54) is 18.4 Å². The van der Waals surface area contributed by atoms with Crippen LogP contribution in [0.25, 0.3) is 0 Å². The third kappa shape index (κ3) is 5.33. The second-order valence-electron chi connectivity index (χ2n) is 5.08. The molecule has 1 atom stereocenters. The molecule has 0 radical (unpaired) electrons. The molecule has 1 aliphatic heterocycles. The fraction of sp³-hybridized carbons (Fsp3) is 0.533. The molecule has 1 unspecified atom stereocenters. The molecular formula is C15H21BrN2O. The summed E-state index contributed by atoms with van der Waals surface area (Å²) in [7, 11) is 0. The van der Waals surface area contributed by atoms with Gasteiger partial charge in [0.15, 0.2) is 0 Å². The summed E-state index contributed by atoms with van der Waals surface area (Å²) < 4.78 is 1.09. The second kappa shape index (κ2) is 7.65. The van der Waals surface area contributed by atoms with Crippen molar-refractivity contribution in [2.75, 3.05) is 13.1 Å². The van der Waals surface area contributed by atoms with E-state index in [9.17, 15) is 4.79 Å². The Balaban J connectivity index is 1.66. The number of hydrogen-bond acceptors (Lipinski definition) is 2. The topological polar surface area (TPSA) is 41.1 Å². The molecule has 0 saturated carbocycles. The summed E-state index contributed by atoms with van der Waals surface area (Å²) in [5.74, 6) is 0.161. The van der Waals surface area contributed by atoms with Gasteiger partial charge in [-0.25, -0.2) is 0 Å². The van der Waals surface area contributed by atoms with E-state index in [0.717, 1.165) is 23.9 Å². The van der Waals surface area contributed by atoms with Crippen molar-refractivity contribution in [3.05, 3.63) is 34.3 Å². The summed E-state index contributed by atoms with van der Waals surface area (Å²) in [5.41, 5.74) is 1.24. The summed E-state index contributed by atoms with van der Waals surface area (Å²) in [6, 6.07) is 8.58. The van der Waals surface area contributed by atoms with Gasteiger partial charge in [-0.2, -0.15) is 0 Å². The number of rotatable bonds is 5. The number of amides is 1. The molecule has 2 rings (SSSR count). The molecular weight excluding hydrogens is 304 g/mol. The van der Waals surface area contributed by atoms with Crippen molar-refractivity contribution in [2.45, 2.75) is 38.1 Å². The number of benzene rings is 1. The smallest absolute Gasteiger partial charge is 0.221 e. The van der Waals surface area contributed by atoms with Crippen molar-refractivity contribution >= 4 is 21.8 Å². The molecule has 1 aliphatic rings. The van der Waals surface area contributed by atoms with Gasteiger partial charge in [0, 0.05) is 23.5 Å². The molecule has 0 bridgehead atoms. The van der Waals surface area contributed by atoms with E-state index in [1.807, 2.05) is 12.1 Å². The van der Waals surface area contributed by atoms with Crippen LogP contribution in [-0.4, -0.2) is 25.0 Å². The largest absolute Gasteiger partial charge is 0.356 e. The fourth-order valence-corrected chi connectivity index (χ4v) is 2.88. The minimum Gasteiger partial charge on any atom is -0.356 e. The first-order valence-electron chi connectivity index (χ1n) is 6.98. The minimum absolute atomic E-state index is 0.161. The van der Waals surface area contributed by atoms with Crippen LogP contribution in [0.2, 0.25) is 0 Å². The number of nitrogens with one attached hydrogen (secondary N) is 2. The van der Waals surface area contributed by atoms with Crippen LogP contribution in [0.3, 0.4) is 0 Å². The Kier molecular flexibility index (Phi) is 5.86. The van der Waals surface area contributed by atoms with Gasteiger partial charge in [-0.15, -0.1) is 0 Å². The lowest BCUT2D eigenvalue weighted by Crippen LogP contribution is -2.39. The Labute approximate surface area is 123 Å². The molecule has 0 aliphatic carbocycles. The summed E-state index contributed by atoms with van der Waals surface area (Å²) in [5, 5.41) is 6.40. The molecule has 0 spiro atoms. The lowest BCUT2D eigenvalue weighted by Gasteiger charge is -2.22. The second-order valence-corrected chi connectivity index (χ2v) is 6.00. The summed E-state index contributed by atoms with van der Waals surface area (Å²) in [6.45, 7) is 1.76. The van der Waals surface area contributed by atoms with Gasteiger partial charge >= 0.3 is 0 Å². The van der Waals surface area contributed by atoms with E-state index < -0.39 is 0 Å². The Morgan fingerprint density at radius 3 is 3.05 bits per heavy atom. The quantitative estimate of drug-likeness (QED) is 0.874. The van der Waals surface area contributed by atoms with Crippen LogP contribution < -0.4 is 10.6 Å². The van der Waals surface area contributed by atoms with Crippen LogP contribution in [0.5, 0.6) is 0 Å². The van der Waals surface area contributed by atoms with Gasteiger partial charge in [0.05, 0.1) is 0 Å². The maximum Gasteiger partial charge on any atom is 0.221 e. The molecule has 2 N–H and O–H groups in total. The zero-order chi connectivity index (χ0) is 13.5. The predicted octanol–water partition coefficient (Wildman–Crippen LogP) is 2.64. The number of piperidine rings is 1. The molecule has 1 aromatic rings. The molecule has 1 fully saturated rings. The molecule has 1 heterocycles. The number of carbonyl (C=O) groups excluding carboxylic acids is 1. The first-order chi connectivity index (χ1) is 9.24. The van der Waals surface area contributed by atoms with Gasteiger partial charge in [0.1, 0.15) is 0 Å². The average Bonchev–Trinajstić information content (AvgIpc) is 2.40. The highest BCUT2D eigenvalue weighted by molar-refractivity contribution is 9.10. The predicted molar refractivity (Wildman–Crippen MR) is 81.1 cm³/mol. The first-order valence-corrected chi connectivity index (χ1v) is 7.78. The highest BCUT2D eigenvalue weighted by Crippen LogP contribution is 2.12. The summed E-state index contributed by atoms with van der Waals surface area (Å²) >= 11 is 3.45. The van der Waals surface area contributed by atoms with Crippen molar-refractivity contribution in [3.8, 4) is 0 Å². The van der Waals surface area contributed by atoms with Crippen molar-refractivity contribution in [3.63, 3.8) is 0 Å². The molecule has 104 valence electrons. The van der Waals surface area contributed by atoms with E-state index in [2.05, 4.69) is 38.7 Å². The van der Waals surface area contributed by atoms with E-state index in [0.29, 0.717) is 19.0 Å². The third-order valence-corrected chi connectivity index (χ3v) is 3.96. The molecule has 0 aromatic heterocycles. The van der Waals surface area contributed by atoms with Gasteiger partial charge in [0.25, 0.3) is 0 Å². The van der Waals surface area contributed by atoms with Crippen LogP contribution in [-0.2, 0) is 11.2 Å². The maximum absolute atomic E-state index is 11.8. The van der Waals surface area contributed by atoms with E-state index >= 15 is 0 Å². The van der Waals surface area contributed by atoms with Crippen LogP contribution >= 0.6 is 15.9 Å². The van der Waals surface area contributed by atoms with Crippen LogP contribution in [0.1, 0.15) is 31.2 Å². The normalized spacial score (nSPS) is 19.1. The number of halogens is 1. The molecule has 1 amide bonds. The molecule has 19 heavy (non-hydrogen) atoms. The van der Waals surface area contributed by atoms with Crippen molar-refractivity contribution in [1.82, 2.24) is 10.6 Å². The van der Waals surface area contributed by atoms with Crippen LogP contribution in [0.15, 0.2) is 28.7 Å². The third-order valence-electron chi connectivity index (χ3n) is 3.47. The Morgan fingerprint density at radius 1 is 1.42 bits per heavy atom. The Morgan fingerprint density at radius 2 is 2.32 bits per heavy atom. The zero-order valence-electron chi connectivity index (χ0n) is 11.1. The van der Waals surface area contributed by atoms with Crippen LogP contribution in [0, 0.1) is 0 Å². The molecule has 3 nitrogen and oxygen atoms in total. The number of hydrogen-bond donors (Lipinski definition) is 2. The molecule has 4 heteroatoms. The Bertz CT molecular complexity index is 416.